The fourth-order valence-corrected chi connectivity index (χ4v) is 2.95. The van der Waals surface area contributed by atoms with Crippen LogP contribution in [0, 0.1) is 0 Å². The first-order valence-corrected chi connectivity index (χ1v) is 6.47. The minimum atomic E-state index is 0.641. The van der Waals surface area contributed by atoms with Gasteiger partial charge in [0.25, 0.3) is 0 Å². The summed E-state index contributed by atoms with van der Waals surface area (Å²) in [4.78, 5) is 4.78. The third kappa shape index (κ3) is 1.79. The Hall–Kier alpha value is -1.51. The summed E-state index contributed by atoms with van der Waals surface area (Å²) >= 11 is 0. The number of benzene rings is 1. The van der Waals surface area contributed by atoms with Crippen LogP contribution in [-0.4, -0.2) is 9.55 Å². The van der Waals surface area contributed by atoms with Gasteiger partial charge in [0, 0.05) is 18.7 Å². The zero-order chi connectivity index (χ0) is 11.8. The van der Waals surface area contributed by atoms with Crippen molar-refractivity contribution >= 4 is 16.7 Å². The topological polar surface area (TPSA) is 43.8 Å². The highest BCUT2D eigenvalue weighted by atomic mass is 15.1. The summed E-state index contributed by atoms with van der Waals surface area (Å²) in [5.74, 6) is 1.88. The smallest absolute Gasteiger partial charge is 0.112 e. The van der Waals surface area contributed by atoms with Crippen molar-refractivity contribution in [1.29, 1.82) is 0 Å². The Morgan fingerprint density at radius 3 is 2.76 bits per heavy atom. The van der Waals surface area contributed by atoms with Crippen molar-refractivity contribution in [3.05, 3.63) is 24.0 Å². The first-order chi connectivity index (χ1) is 8.25. The quantitative estimate of drug-likeness (QED) is 0.763. The monoisotopic (exact) mass is 229 g/mol. The van der Waals surface area contributed by atoms with Gasteiger partial charge in [0.05, 0.1) is 11.0 Å². The molecule has 90 valence electrons. The number of nitrogen functional groups attached to an aromatic ring is 1. The SMILES string of the molecule is Cn1c(C2CCCCC2)nc2ccc(N)cc21. The number of nitrogens with zero attached hydrogens (tertiary/aromatic N) is 2. The molecule has 0 unspecified atom stereocenters. The van der Waals surface area contributed by atoms with Gasteiger partial charge in [-0.1, -0.05) is 19.3 Å². The van der Waals surface area contributed by atoms with Crippen molar-refractivity contribution in [3.8, 4) is 0 Å². The van der Waals surface area contributed by atoms with Crippen LogP contribution in [0.3, 0.4) is 0 Å². The van der Waals surface area contributed by atoms with Gasteiger partial charge in [0.1, 0.15) is 5.82 Å². The molecule has 0 saturated heterocycles. The molecule has 1 heterocycles. The summed E-state index contributed by atoms with van der Waals surface area (Å²) in [6.45, 7) is 0. The van der Waals surface area contributed by atoms with Gasteiger partial charge >= 0.3 is 0 Å². The van der Waals surface area contributed by atoms with E-state index in [4.69, 9.17) is 10.7 Å². The molecule has 17 heavy (non-hydrogen) atoms. The van der Waals surface area contributed by atoms with Crippen molar-refractivity contribution in [2.45, 2.75) is 38.0 Å². The van der Waals surface area contributed by atoms with Crippen LogP contribution in [0.25, 0.3) is 11.0 Å². The molecule has 1 saturated carbocycles. The molecule has 1 fully saturated rings. The van der Waals surface area contributed by atoms with Crippen LogP contribution in [0.5, 0.6) is 0 Å². The highest BCUT2D eigenvalue weighted by Crippen LogP contribution is 2.33. The molecule has 0 atom stereocenters. The molecule has 1 aliphatic carbocycles. The van der Waals surface area contributed by atoms with E-state index in [2.05, 4.69) is 11.6 Å². The van der Waals surface area contributed by atoms with Gasteiger partial charge in [0.2, 0.25) is 0 Å². The lowest BCUT2D eigenvalue weighted by Crippen LogP contribution is -2.10. The Balaban J connectivity index is 2.07. The molecule has 2 aromatic rings. The maximum Gasteiger partial charge on any atom is 0.112 e. The maximum atomic E-state index is 5.84. The van der Waals surface area contributed by atoms with Crippen LogP contribution in [-0.2, 0) is 7.05 Å². The number of fused-ring (bicyclic) bond motifs is 1. The summed E-state index contributed by atoms with van der Waals surface area (Å²) in [6.07, 6.45) is 6.64. The second kappa shape index (κ2) is 4.06. The standard InChI is InChI=1S/C14H19N3/c1-17-13-9-11(15)7-8-12(13)16-14(17)10-5-3-2-4-6-10/h7-10H,2-6,15H2,1H3. The molecular formula is C14H19N3. The molecule has 3 nitrogen and oxygen atoms in total. The second-order valence-electron chi connectivity index (χ2n) is 5.11. The number of imidazole rings is 1. The van der Waals surface area contributed by atoms with E-state index in [1.54, 1.807) is 0 Å². The van der Waals surface area contributed by atoms with Gasteiger partial charge in [-0.2, -0.15) is 0 Å². The van der Waals surface area contributed by atoms with Gasteiger partial charge in [0.15, 0.2) is 0 Å². The minimum absolute atomic E-state index is 0.641. The summed E-state index contributed by atoms with van der Waals surface area (Å²) in [7, 11) is 2.11. The van der Waals surface area contributed by atoms with Gasteiger partial charge in [-0.05, 0) is 31.0 Å². The van der Waals surface area contributed by atoms with Crippen LogP contribution in [0.2, 0.25) is 0 Å². The van der Waals surface area contributed by atoms with Crippen LogP contribution in [0.1, 0.15) is 43.8 Å². The minimum Gasteiger partial charge on any atom is -0.399 e. The average Bonchev–Trinajstić information content (AvgIpc) is 2.68. The van der Waals surface area contributed by atoms with Crippen LogP contribution in [0.4, 0.5) is 5.69 Å². The van der Waals surface area contributed by atoms with E-state index in [9.17, 15) is 0 Å². The average molecular weight is 229 g/mol. The molecule has 1 aromatic carbocycles. The van der Waals surface area contributed by atoms with Crippen molar-refractivity contribution in [1.82, 2.24) is 9.55 Å². The molecule has 2 N–H and O–H groups in total. The van der Waals surface area contributed by atoms with Crippen LogP contribution in [0.15, 0.2) is 18.2 Å². The van der Waals surface area contributed by atoms with E-state index >= 15 is 0 Å². The first kappa shape index (κ1) is 10.6. The van der Waals surface area contributed by atoms with Gasteiger partial charge in [-0.25, -0.2) is 4.98 Å². The number of aromatic nitrogens is 2. The normalized spacial score (nSPS) is 17.7. The molecule has 1 aliphatic rings. The Morgan fingerprint density at radius 1 is 1.24 bits per heavy atom. The molecular weight excluding hydrogens is 210 g/mol. The lowest BCUT2D eigenvalue weighted by atomic mass is 9.89. The molecule has 0 radical (unpaired) electrons. The predicted octanol–water partition coefficient (Wildman–Crippen LogP) is 3.20. The Morgan fingerprint density at radius 2 is 2.00 bits per heavy atom. The molecule has 3 heteroatoms. The molecule has 3 rings (SSSR count). The number of aryl methyl sites for hydroxylation is 1. The van der Waals surface area contributed by atoms with E-state index in [0.29, 0.717) is 5.92 Å². The lowest BCUT2D eigenvalue weighted by Gasteiger charge is -2.20. The van der Waals surface area contributed by atoms with Gasteiger partial charge in [-0.3, -0.25) is 0 Å². The van der Waals surface area contributed by atoms with Crippen molar-refractivity contribution in [2.24, 2.45) is 7.05 Å². The predicted molar refractivity (Wildman–Crippen MR) is 71.0 cm³/mol. The third-order valence-electron chi connectivity index (χ3n) is 3.91. The lowest BCUT2D eigenvalue weighted by molar-refractivity contribution is 0.423. The zero-order valence-electron chi connectivity index (χ0n) is 10.3. The largest absolute Gasteiger partial charge is 0.399 e. The van der Waals surface area contributed by atoms with Gasteiger partial charge < -0.3 is 10.3 Å². The molecule has 1 aromatic heterocycles. The van der Waals surface area contributed by atoms with E-state index in [1.807, 2.05) is 18.2 Å². The summed E-state index contributed by atoms with van der Waals surface area (Å²) in [5.41, 5.74) is 8.88. The highest BCUT2D eigenvalue weighted by molar-refractivity contribution is 5.79. The van der Waals surface area contributed by atoms with Crippen molar-refractivity contribution < 1.29 is 0 Å². The van der Waals surface area contributed by atoms with Crippen LogP contribution >= 0.6 is 0 Å². The number of anilines is 1. The summed E-state index contributed by atoms with van der Waals surface area (Å²) in [5, 5.41) is 0. The maximum absolute atomic E-state index is 5.84. The highest BCUT2D eigenvalue weighted by Gasteiger charge is 2.20. The number of rotatable bonds is 1. The van der Waals surface area contributed by atoms with Crippen molar-refractivity contribution in [3.63, 3.8) is 0 Å². The third-order valence-corrected chi connectivity index (χ3v) is 3.91. The molecule has 0 amide bonds. The van der Waals surface area contributed by atoms with Gasteiger partial charge in [-0.15, -0.1) is 0 Å². The van der Waals surface area contributed by atoms with E-state index in [1.165, 1.54) is 37.9 Å². The molecule has 0 bridgehead atoms. The Labute approximate surface area is 102 Å². The van der Waals surface area contributed by atoms with E-state index in [-0.39, 0.29) is 0 Å². The van der Waals surface area contributed by atoms with E-state index < -0.39 is 0 Å². The first-order valence-electron chi connectivity index (χ1n) is 6.47. The van der Waals surface area contributed by atoms with Crippen molar-refractivity contribution in [2.75, 3.05) is 5.73 Å². The Kier molecular flexibility index (Phi) is 2.54. The zero-order valence-corrected chi connectivity index (χ0v) is 10.3. The molecule has 0 spiro atoms. The van der Waals surface area contributed by atoms with E-state index in [0.717, 1.165) is 16.7 Å². The van der Waals surface area contributed by atoms with Crippen LogP contribution < -0.4 is 5.73 Å². The number of hydrogen-bond donors (Lipinski definition) is 1. The fraction of sp³-hybridized carbons (Fsp3) is 0.500. The summed E-state index contributed by atoms with van der Waals surface area (Å²) in [6, 6.07) is 5.98. The second-order valence-corrected chi connectivity index (χ2v) is 5.11. The Bertz CT molecular complexity index is 536. The number of hydrogen-bond acceptors (Lipinski definition) is 2. The summed E-state index contributed by atoms with van der Waals surface area (Å²) < 4.78 is 2.22. The number of nitrogens with two attached hydrogens (primary N) is 1. The fourth-order valence-electron chi connectivity index (χ4n) is 2.95. The molecule has 0 aliphatic heterocycles.